The number of hydrogen-bond acceptors (Lipinski definition) is 2. The minimum absolute atomic E-state index is 0.105. The van der Waals surface area contributed by atoms with E-state index < -0.39 is 6.16 Å². The number of carbonyl (C=O) groups is 1. The third-order valence-electron chi connectivity index (χ3n) is 3.56. The molecule has 1 aromatic rings. The monoisotopic (exact) mass is 292 g/mol. The van der Waals surface area contributed by atoms with Crippen molar-refractivity contribution < 1.29 is 14.6 Å². The van der Waals surface area contributed by atoms with E-state index in [2.05, 4.69) is 64.5 Å². The van der Waals surface area contributed by atoms with Crippen molar-refractivity contribution in [3.05, 3.63) is 34.9 Å². The Morgan fingerprint density at radius 1 is 1.00 bits per heavy atom. The Morgan fingerprint density at radius 2 is 1.48 bits per heavy atom. The smallest absolute Gasteiger partial charge is 0.450 e. The van der Waals surface area contributed by atoms with Crippen molar-refractivity contribution in [1.82, 2.24) is 0 Å². The Morgan fingerprint density at radius 3 is 1.86 bits per heavy atom. The van der Waals surface area contributed by atoms with Crippen LogP contribution in [0.15, 0.2) is 18.2 Å². The first-order valence-electron chi connectivity index (χ1n) is 7.51. The van der Waals surface area contributed by atoms with Crippen molar-refractivity contribution in [2.75, 3.05) is 6.61 Å². The maximum Gasteiger partial charge on any atom is 0.505 e. The first-order valence-corrected chi connectivity index (χ1v) is 7.51. The molecular formula is C18H28O3. The fraction of sp³-hybridized carbons (Fsp3) is 0.611. The summed E-state index contributed by atoms with van der Waals surface area (Å²) in [5.74, 6) is 0. The van der Waals surface area contributed by atoms with Gasteiger partial charge in [-0.2, -0.15) is 0 Å². The fourth-order valence-electron chi connectivity index (χ4n) is 2.14. The van der Waals surface area contributed by atoms with Gasteiger partial charge in [0, 0.05) is 0 Å². The molecule has 0 atom stereocenters. The van der Waals surface area contributed by atoms with Gasteiger partial charge in [-0.1, -0.05) is 59.7 Å². The summed E-state index contributed by atoms with van der Waals surface area (Å²) in [6.07, 6.45) is 0.345. The largest absolute Gasteiger partial charge is 0.505 e. The van der Waals surface area contributed by atoms with Crippen LogP contribution in [0.25, 0.3) is 0 Å². The molecule has 0 aliphatic carbocycles. The van der Waals surface area contributed by atoms with E-state index in [1.54, 1.807) is 0 Å². The molecule has 0 heterocycles. The molecule has 0 fully saturated rings. The molecule has 0 bridgehead atoms. The first-order chi connectivity index (χ1) is 9.50. The molecular weight excluding hydrogens is 264 g/mol. The van der Waals surface area contributed by atoms with Crippen LogP contribution in [0.1, 0.15) is 64.7 Å². The van der Waals surface area contributed by atoms with Crippen LogP contribution >= 0.6 is 0 Å². The topological polar surface area (TPSA) is 46.5 Å². The summed E-state index contributed by atoms with van der Waals surface area (Å²) in [5, 5.41) is 8.49. The standard InChI is InChI=1S/C18H28O3/c1-17(2,3)14-10-13(8-7-9-21-16(19)20)11-15(12-14)18(4,5)6/h10-12H,7-9H2,1-6H3,(H,19,20). The third-order valence-corrected chi connectivity index (χ3v) is 3.56. The summed E-state index contributed by atoms with van der Waals surface area (Å²) in [7, 11) is 0. The van der Waals surface area contributed by atoms with Crippen LogP contribution in [0.2, 0.25) is 0 Å². The van der Waals surface area contributed by atoms with E-state index in [0.717, 1.165) is 6.42 Å². The summed E-state index contributed by atoms with van der Waals surface area (Å²) in [6, 6.07) is 6.75. The zero-order valence-electron chi connectivity index (χ0n) is 14.1. The second-order valence-electron chi connectivity index (χ2n) is 7.64. The number of ether oxygens (including phenoxy) is 1. The number of carboxylic acid groups (broad SMARTS) is 1. The maximum absolute atomic E-state index is 10.4. The number of rotatable bonds is 4. The van der Waals surface area contributed by atoms with Crippen LogP contribution < -0.4 is 0 Å². The van der Waals surface area contributed by atoms with Gasteiger partial charge in [-0.3, -0.25) is 0 Å². The lowest BCUT2D eigenvalue weighted by Crippen LogP contribution is -2.17. The third kappa shape index (κ3) is 5.78. The summed E-state index contributed by atoms with van der Waals surface area (Å²) >= 11 is 0. The Hall–Kier alpha value is -1.51. The van der Waals surface area contributed by atoms with Crippen LogP contribution in [-0.4, -0.2) is 17.9 Å². The van der Waals surface area contributed by atoms with Crippen molar-refractivity contribution in [2.24, 2.45) is 0 Å². The number of aryl methyl sites for hydroxylation is 1. The molecule has 0 unspecified atom stereocenters. The molecule has 0 amide bonds. The van der Waals surface area contributed by atoms with E-state index in [4.69, 9.17) is 5.11 Å². The molecule has 3 nitrogen and oxygen atoms in total. The molecule has 0 spiro atoms. The average Bonchev–Trinajstić information content (AvgIpc) is 2.32. The number of benzene rings is 1. The molecule has 21 heavy (non-hydrogen) atoms. The van der Waals surface area contributed by atoms with Crippen LogP contribution in [0.3, 0.4) is 0 Å². The molecule has 1 N–H and O–H groups in total. The first kappa shape index (κ1) is 17.5. The molecule has 118 valence electrons. The lowest BCUT2D eigenvalue weighted by atomic mass is 9.79. The number of hydrogen-bond donors (Lipinski definition) is 1. The minimum Gasteiger partial charge on any atom is -0.450 e. The van der Waals surface area contributed by atoms with Gasteiger partial charge in [-0.15, -0.1) is 0 Å². The highest BCUT2D eigenvalue weighted by Crippen LogP contribution is 2.30. The Labute approximate surface area is 128 Å². The molecule has 0 saturated carbocycles. The highest BCUT2D eigenvalue weighted by molar-refractivity contribution is 5.56. The van der Waals surface area contributed by atoms with Crippen LogP contribution in [-0.2, 0) is 22.0 Å². The van der Waals surface area contributed by atoms with Crippen molar-refractivity contribution >= 4 is 6.16 Å². The minimum atomic E-state index is -1.20. The van der Waals surface area contributed by atoms with Crippen LogP contribution in [0, 0.1) is 0 Å². The van der Waals surface area contributed by atoms with Gasteiger partial charge in [0.2, 0.25) is 0 Å². The van der Waals surface area contributed by atoms with Crippen LogP contribution in [0.4, 0.5) is 4.79 Å². The van der Waals surface area contributed by atoms with E-state index in [9.17, 15) is 4.79 Å². The highest BCUT2D eigenvalue weighted by atomic mass is 16.7. The predicted molar refractivity (Wildman–Crippen MR) is 86.1 cm³/mol. The van der Waals surface area contributed by atoms with E-state index in [-0.39, 0.29) is 17.4 Å². The maximum atomic E-state index is 10.4. The molecule has 3 heteroatoms. The van der Waals surface area contributed by atoms with Gasteiger partial charge in [0.15, 0.2) is 0 Å². The van der Waals surface area contributed by atoms with Crippen LogP contribution in [0.5, 0.6) is 0 Å². The van der Waals surface area contributed by atoms with Gasteiger partial charge in [0.25, 0.3) is 0 Å². The Bertz CT molecular complexity index is 458. The molecule has 0 radical (unpaired) electrons. The van der Waals surface area contributed by atoms with E-state index >= 15 is 0 Å². The Kier molecular flexibility index (Phi) is 5.43. The second-order valence-corrected chi connectivity index (χ2v) is 7.64. The summed E-state index contributed by atoms with van der Waals surface area (Å²) in [4.78, 5) is 10.4. The molecule has 0 aromatic heterocycles. The van der Waals surface area contributed by atoms with Gasteiger partial charge in [-0.05, 0) is 40.4 Å². The zero-order valence-corrected chi connectivity index (χ0v) is 14.1. The average molecular weight is 292 g/mol. The van der Waals surface area contributed by atoms with Gasteiger partial charge < -0.3 is 9.84 Å². The normalized spacial score (nSPS) is 12.3. The van der Waals surface area contributed by atoms with Gasteiger partial charge in [0.1, 0.15) is 0 Å². The van der Waals surface area contributed by atoms with Gasteiger partial charge in [-0.25, -0.2) is 4.79 Å². The van der Waals surface area contributed by atoms with E-state index in [1.807, 2.05) is 0 Å². The quantitative estimate of drug-likeness (QED) is 0.633. The molecule has 1 aromatic carbocycles. The lowest BCUT2D eigenvalue weighted by Gasteiger charge is -2.26. The molecule has 0 aliphatic heterocycles. The van der Waals surface area contributed by atoms with Crippen molar-refractivity contribution in [1.29, 1.82) is 0 Å². The molecule has 0 aliphatic rings. The summed E-state index contributed by atoms with van der Waals surface area (Å²) in [6.45, 7) is 13.5. The SMILES string of the molecule is CC(C)(C)c1cc(CCCOC(=O)O)cc(C(C)(C)C)c1. The summed E-state index contributed by atoms with van der Waals surface area (Å²) in [5.41, 5.74) is 4.11. The van der Waals surface area contributed by atoms with Gasteiger partial charge >= 0.3 is 6.16 Å². The van der Waals surface area contributed by atoms with E-state index in [0.29, 0.717) is 6.42 Å². The fourth-order valence-corrected chi connectivity index (χ4v) is 2.14. The van der Waals surface area contributed by atoms with Crippen molar-refractivity contribution in [2.45, 2.75) is 65.2 Å². The Balaban J connectivity index is 2.95. The summed E-state index contributed by atoms with van der Waals surface area (Å²) < 4.78 is 4.58. The second kappa shape index (κ2) is 6.50. The molecule has 1 rings (SSSR count). The lowest BCUT2D eigenvalue weighted by molar-refractivity contribution is 0.0907. The zero-order chi connectivity index (χ0) is 16.3. The predicted octanol–water partition coefficient (Wildman–Crippen LogP) is 4.91. The highest BCUT2D eigenvalue weighted by Gasteiger charge is 2.20. The van der Waals surface area contributed by atoms with Gasteiger partial charge in [0.05, 0.1) is 6.61 Å². The van der Waals surface area contributed by atoms with E-state index in [1.165, 1.54) is 16.7 Å². The van der Waals surface area contributed by atoms with Crippen molar-refractivity contribution in [3.8, 4) is 0 Å². The van der Waals surface area contributed by atoms with Crippen molar-refractivity contribution in [3.63, 3.8) is 0 Å². The molecule has 0 saturated heterocycles.